The van der Waals surface area contributed by atoms with Crippen LogP contribution >= 0.6 is 0 Å². The van der Waals surface area contributed by atoms with Gasteiger partial charge in [-0.25, -0.2) is 4.79 Å². The molecule has 0 atom stereocenters. The third-order valence-electron chi connectivity index (χ3n) is 4.82. The second-order valence-electron chi connectivity index (χ2n) is 8.07. The average molecular weight is 460 g/mol. The van der Waals surface area contributed by atoms with Crippen LogP contribution in [0.15, 0.2) is 58.1 Å². The standard InChI is InChI=1S/C23H23F3N4O3/c1-14(2)12-27-20(31)19-21(32)29(13-16-5-4-6-17(11-16)23(24,25)26)22(33)30(28-19)18-9-7-15(3)8-10-18/h4-11,14H,12-13H2,1-3H3,(H,27,31). The number of hydrogen-bond acceptors (Lipinski definition) is 4. The van der Waals surface area contributed by atoms with Gasteiger partial charge >= 0.3 is 11.9 Å². The highest BCUT2D eigenvalue weighted by molar-refractivity contribution is 5.91. The van der Waals surface area contributed by atoms with Crippen LogP contribution < -0.4 is 16.6 Å². The van der Waals surface area contributed by atoms with E-state index in [2.05, 4.69) is 10.4 Å². The van der Waals surface area contributed by atoms with Gasteiger partial charge in [-0.05, 0) is 42.7 Å². The van der Waals surface area contributed by atoms with E-state index in [1.807, 2.05) is 20.8 Å². The highest BCUT2D eigenvalue weighted by atomic mass is 19.4. The van der Waals surface area contributed by atoms with Crippen molar-refractivity contribution in [3.63, 3.8) is 0 Å². The Hall–Kier alpha value is -3.69. The minimum absolute atomic E-state index is 0.0826. The quantitative estimate of drug-likeness (QED) is 0.613. The molecule has 0 aliphatic rings. The SMILES string of the molecule is Cc1ccc(-n2nc(C(=O)NCC(C)C)c(=O)n(Cc3cccc(C(F)(F)F)c3)c2=O)cc1. The van der Waals surface area contributed by atoms with E-state index in [0.717, 1.165) is 22.4 Å². The molecular weight excluding hydrogens is 437 g/mol. The number of alkyl halides is 3. The van der Waals surface area contributed by atoms with Gasteiger partial charge in [0.15, 0.2) is 0 Å². The topological polar surface area (TPSA) is 86.0 Å². The van der Waals surface area contributed by atoms with Crippen LogP contribution in [0.3, 0.4) is 0 Å². The summed E-state index contributed by atoms with van der Waals surface area (Å²) in [7, 11) is 0. The number of hydrogen-bond donors (Lipinski definition) is 1. The minimum Gasteiger partial charge on any atom is -0.350 e. The fourth-order valence-corrected chi connectivity index (χ4v) is 3.06. The highest BCUT2D eigenvalue weighted by Crippen LogP contribution is 2.29. The van der Waals surface area contributed by atoms with Gasteiger partial charge in [-0.15, -0.1) is 0 Å². The Bertz CT molecular complexity index is 1280. The lowest BCUT2D eigenvalue weighted by Gasteiger charge is -2.14. The van der Waals surface area contributed by atoms with Crippen molar-refractivity contribution in [1.82, 2.24) is 19.7 Å². The molecule has 0 bridgehead atoms. The first-order chi connectivity index (χ1) is 15.5. The maximum Gasteiger partial charge on any atom is 0.416 e. The Kier molecular flexibility index (Phi) is 6.85. The number of benzene rings is 2. The minimum atomic E-state index is -4.58. The molecule has 0 aliphatic carbocycles. The number of carbonyl (C=O) groups is 1. The van der Waals surface area contributed by atoms with E-state index in [0.29, 0.717) is 10.3 Å². The smallest absolute Gasteiger partial charge is 0.350 e. The molecule has 0 radical (unpaired) electrons. The van der Waals surface area contributed by atoms with Gasteiger partial charge in [-0.2, -0.15) is 23.0 Å². The molecule has 0 aliphatic heterocycles. The zero-order valence-corrected chi connectivity index (χ0v) is 18.3. The first kappa shape index (κ1) is 24.0. The lowest BCUT2D eigenvalue weighted by Crippen LogP contribution is -2.46. The first-order valence-corrected chi connectivity index (χ1v) is 10.2. The number of aromatic nitrogens is 3. The monoisotopic (exact) mass is 460 g/mol. The third kappa shape index (κ3) is 5.57. The normalized spacial score (nSPS) is 11.6. The molecule has 0 spiro atoms. The van der Waals surface area contributed by atoms with E-state index in [1.54, 1.807) is 24.3 Å². The van der Waals surface area contributed by atoms with E-state index in [9.17, 15) is 27.6 Å². The molecule has 1 N–H and O–H groups in total. The van der Waals surface area contributed by atoms with Gasteiger partial charge in [-0.3, -0.25) is 14.2 Å². The Labute approximate surface area is 187 Å². The fraction of sp³-hybridized carbons (Fsp3) is 0.304. The summed E-state index contributed by atoms with van der Waals surface area (Å²) in [6, 6.07) is 11.0. The van der Waals surface area contributed by atoms with Crippen molar-refractivity contribution >= 4 is 5.91 Å². The van der Waals surface area contributed by atoms with Gasteiger partial charge in [0.05, 0.1) is 17.8 Å². The van der Waals surface area contributed by atoms with E-state index < -0.39 is 41.1 Å². The molecule has 7 nitrogen and oxygen atoms in total. The molecule has 33 heavy (non-hydrogen) atoms. The molecule has 0 saturated carbocycles. The second kappa shape index (κ2) is 9.43. The predicted molar refractivity (Wildman–Crippen MR) is 117 cm³/mol. The summed E-state index contributed by atoms with van der Waals surface area (Å²) in [5, 5.41) is 6.58. The van der Waals surface area contributed by atoms with Crippen LogP contribution in [0.25, 0.3) is 5.69 Å². The van der Waals surface area contributed by atoms with Gasteiger partial charge in [0.25, 0.3) is 11.5 Å². The Morgan fingerprint density at radius 3 is 2.36 bits per heavy atom. The van der Waals surface area contributed by atoms with E-state index >= 15 is 0 Å². The number of rotatable bonds is 6. The van der Waals surface area contributed by atoms with Crippen molar-refractivity contribution < 1.29 is 18.0 Å². The number of amides is 1. The van der Waals surface area contributed by atoms with Crippen molar-refractivity contribution in [2.45, 2.75) is 33.5 Å². The first-order valence-electron chi connectivity index (χ1n) is 10.2. The number of halogens is 3. The molecule has 10 heteroatoms. The zero-order valence-electron chi connectivity index (χ0n) is 18.3. The Morgan fingerprint density at radius 1 is 1.09 bits per heavy atom. The summed E-state index contributed by atoms with van der Waals surface area (Å²) in [6.45, 7) is 5.40. The summed E-state index contributed by atoms with van der Waals surface area (Å²) in [6.07, 6.45) is -4.58. The molecule has 1 amide bonds. The number of aryl methyl sites for hydroxylation is 1. The summed E-state index contributed by atoms with van der Waals surface area (Å²) >= 11 is 0. The van der Waals surface area contributed by atoms with Crippen molar-refractivity contribution in [3.8, 4) is 5.69 Å². The largest absolute Gasteiger partial charge is 0.416 e. The summed E-state index contributed by atoms with van der Waals surface area (Å²) in [4.78, 5) is 38.8. The van der Waals surface area contributed by atoms with E-state index in [1.165, 1.54) is 12.1 Å². The molecule has 2 aromatic carbocycles. The van der Waals surface area contributed by atoms with Crippen molar-refractivity contribution in [1.29, 1.82) is 0 Å². The van der Waals surface area contributed by atoms with Gasteiger partial charge in [0.1, 0.15) is 0 Å². The predicted octanol–water partition coefficient (Wildman–Crippen LogP) is 3.16. The van der Waals surface area contributed by atoms with Crippen LogP contribution in [0, 0.1) is 12.8 Å². The molecule has 1 aromatic heterocycles. The summed E-state index contributed by atoms with van der Waals surface area (Å²) in [5.41, 5.74) is -1.98. The van der Waals surface area contributed by atoms with Gasteiger partial charge in [-0.1, -0.05) is 43.7 Å². The van der Waals surface area contributed by atoms with Crippen LogP contribution in [0.4, 0.5) is 13.2 Å². The van der Waals surface area contributed by atoms with E-state index in [4.69, 9.17) is 0 Å². The van der Waals surface area contributed by atoms with Crippen LogP contribution in [0.1, 0.15) is 41.0 Å². The average Bonchev–Trinajstić information content (AvgIpc) is 2.75. The van der Waals surface area contributed by atoms with Crippen LogP contribution in [0.5, 0.6) is 0 Å². The van der Waals surface area contributed by atoms with Crippen LogP contribution in [-0.2, 0) is 12.7 Å². The Balaban J connectivity index is 2.16. The molecule has 0 saturated heterocycles. The molecule has 0 unspecified atom stereocenters. The maximum atomic E-state index is 13.1. The van der Waals surface area contributed by atoms with Gasteiger partial charge in [0.2, 0.25) is 5.69 Å². The fourth-order valence-electron chi connectivity index (χ4n) is 3.06. The lowest BCUT2D eigenvalue weighted by atomic mass is 10.1. The van der Waals surface area contributed by atoms with Crippen LogP contribution in [0.2, 0.25) is 0 Å². The van der Waals surface area contributed by atoms with Gasteiger partial charge < -0.3 is 5.32 Å². The lowest BCUT2D eigenvalue weighted by molar-refractivity contribution is -0.137. The van der Waals surface area contributed by atoms with Crippen molar-refractivity contribution in [2.75, 3.05) is 6.54 Å². The maximum absolute atomic E-state index is 13.1. The highest BCUT2D eigenvalue weighted by Gasteiger charge is 2.30. The summed E-state index contributed by atoms with van der Waals surface area (Å²) < 4.78 is 40.9. The molecule has 0 fully saturated rings. The molecule has 1 heterocycles. The van der Waals surface area contributed by atoms with Gasteiger partial charge in [0, 0.05) is 6.54 Å². The molecule has 3 rings (SSSR count). The summed E-state index contributed by atoms with van der Waals surface area (Å²) in [5.74, 6) is -0.670. The molecular formula is C23H23F3N4O3. The molecule has 3 aromatic rings. The second-order valence-corrected chi connectivity index (χ2v) is 8.07. The van der Waals surface area contributed by atoms with Crippen molar-refractivity contribution in [3.05, 3.63) is 91.8 Å². The zero-order chi connectivity index (χ0) is 24.3. The molecule has 174 valence electrons. The number of nitrogens with one attached hydrogen (secondary N) is 1. The van der Waals surface area contributed by atoms with Crippen LogP contribution in [-0.4, -0.2) is 26.8 Å². The third-order valence-corrected chi connectivity index (χ3v) is 4.82. The number of nitrogens with zero attached hydrogens (tertiary/aromatic N) is 3. The number of carbonyl (C=O) groups excluding carboxylic acids is 1. The van der Waals surface area contributed by atoms with Crippen molar-refractivity contribution in [2.24, 2.45) is 5.92 Å². The Morgan fingerprint density at radius 2 is 1.76 bits per heavy atom. The van der Waals surface area contributed by atoms with E-state index in [-0.39, 0.29) is 18.0 Å².